The minimum absolute atomic E-state index is 0.0595. The lowest BCUT2D eigenvalue weighted by molar-refractivity contribution is 0.102. The van der Waals surface area contributed by atoms with Crippen molar-refractivity contribution in [2.75, 3.05) is 5.32 Å². The number of hydrogen-bond acceptors (Lipinski definition) is 5. The number of nitrogens with one attached hydrogen (secondary N) is 2. The van der Waals surface area contributed by atoms with Crippen LogP contribution in [0.15, 0.2) is 35.3 Å². The molecule has 6 nitrogen and oxygen atoms in total. The Bertz CT molecular complexity index is 914. The summed E-state index contributed by atoms with van der Waals surface area (Å²) in [5.74, 6) is -0.0147. The molecule has 1 amide bonds. The van der Waals surface area contributed by atoms with Crippen LogP contribution in [-0.2, 0) is 6.42 Å². The highest BCUT2D eigenvalue weighted by molar-refractivity contribution is 7.15. The fourth-order valence-electron chi connectivity index (χ4n) is 2.24. The van der Waals surface area contributed by atoms with Crippen LogP contribution in [0.5, 0.6) is 0 Å². The standard InChI is InChI=1S/C16H16N4O2S/c1-9(2)7-13-19-20-16(23-13)18-15(22)11-8-17-12-6-4-3-5-10(12)14(11)21/h3-6,8-9H,7H2,1-2H3,(H,17,21)(H,18,20,22). The number of anilines is 1. The normalized spacial score (nSPS) is 11.1. The molecule has 2 N–H and O–H groups in total. The first-order valence-electron chi connectivity index (χ1n) is 7.28. The van der Waals surface area contributed by atoms with Gasteiger partial charge in [0.05, 0.1) is 0 Å². The third kappa shape index (κ3) is 3.29. The van der Waals surface area contributed by atoms with Crippen molar-refractivity contribution in [3.8, 4) is 0 Å². The SMILES string of the molecule is CC(C)Cc1nnc(NC(=O)c2c[nH]c3ccccc3c2=O)s1. The van der Waals surface area contributed by atoms with E-state index in [0.29, 0.717) is 22.0 Å². The number of fused-ring (bicyclic) bond motifs is 1. The molecule has 0 spiro atoms. The number of nitrogens with zero attached hydrogens (tertiary/aromatic N) is 2. The zero-order valence-corrected chi connectivity index (χ0v) is 13.6. The van der Waals surface area contributed by atoms with Gasteiger partial charge in [0, 0.05) is 23.5 Å². The van der Waals surface area contributed by atoms with Crippen molar-refractivity contribution >= 4 is 33.3 Å². The first kappa shape index (κ1) is 15.4. The van der Waals surface area contributed by atoms with Crippen molar-refractivity contribution in [2.24, 2.45) is 5.92 Å². The summed E-state index contributed by atoms with van der Waals surface area (Å²) in [6, 6.07) is 7.08. The van der Waals surface area contributed by atoms with Crippen molar-refractivity contribution < 1.29 is 4.79 Å². The summed E-state index contributed by atoms with van der Waals surface area (Å²) in [6.07, 6.45) is 2.24. The molecule has 2 aromatic heterocycles. The predicted molar refractivity (Wildman–Crippen MR) is 91.0 cm³/mol. The quantitative estimate of drug-likeness (QED) is 0.771. The maximum atomic E-state index is 12.4. The molecule has 0 aliphatic rings. The smallest absolute Gasteiger partial charge is 0.262 e. The van der Waals surface area contributed by atoms with E-state index in [0.717, 1.165) is 11.4 Å². The zero-order chi connectivity index (χ0) is 16.4. The Morgan fingerprint density at radius 1 is 1.30 bits per heavy atom. The Morgan fingerprint density at radius 3 is 2.87 bits per heavy atom. The van der Waals surface area contributed by atoms with Crippen LogP contribution in [0.25, 0.3) is 10.9 Å². The molecule has 0 atom stereocenters. The fourth-order valence-corrected chi connectivity index (χ4v) is 3.18. The van der Waals surface area contributed by atoms with Crippen molar-refractivity contribution in [1.29, 1.82) is 0 Å². The topological polar surface area (TPSA) is 87.7 Å². The van der Waals surface area contributed by atoms with Gasteiger partial charge in [0.15, 0.2) is 0 Å². The second-order valence-corrected chi connectivity index (χ2v) is 6.69. The minimum Gasteiger partial charge on any atom is -0.360 e. The lowest BCUT2D eigenvalue weighted by Gasteiger charge is -2.03. The van der Waals surface area contributed by atoms with E-state index in [4.69, 9.17) is 0 Å². The highest BCUT2D eigenvalue weighted by Crippen LogP contribution is 2.18. The highest BCUT2D eigenvalue weighted by atomic mass is 32.1. The van der Waals surface area contributed by atoms with Crippen molar-refractivity contribution in [2.45, 2.75) is 20.3 Å². The summed E-state index contributed by atoms with van der Waals surface area (Å²) >= 11 is 1.33. The van der Waals surface area contributed by atoms with Gasteiger partial charge in [-0.25, -0.2) is 0 Å². The predicted octanol–water partition coefficient (Wildman–Crippen LogP) is 2.83. The van der Waals surface area contributed by atoms with E-state index in [1.54, 1.807) is 18.2 Å². The molecule has 3 rings (SSSR count). The van der Waals surface area contributed by atoms with Gasteiger partial charge in [0.25, 0.3) is 5.91 Å². The molecule has 23 heavy (non-hydrogen) atoms. The Labute approximate surface area is 136 Å². The third-order valence-electron chi connectivity index (χ3n) is 3.30. The molecule has 0 saturated carbocycles. The average molecular weight is 328 g/mol. The number of carbonyl (C=O) groups is 1. The van der Waals surface area contributed by atoms with Crippen LogP contribution in [0, 0.1) is 5.92 Å². The van der Waals surface area contributed by atoms with Crippen molar-refractivity contribution in [1.82, 2.24) is 15.2 Å². The summed E-state index contributed by atoms with van der Waals surface area (Å²) in [5.41, 5.74) is 0.456. The molecule has 7 heteroatoms. The van der Waals surface area contributed by atoms with Gasteiger partial charge in [-0.2, -0.15) is 0 Å². The Balaban J connectivity index is 1.85. The molecule has 0 bridgehead atoms. The van der Waals surface area contributed by atoms with Crippen LogP contribution in [0.3, 0.4) is 0 Å². The molecule has 0 unspecified atom stereocenters. The van der Waals surface area contributed by atoms with E-state index in [9.17, 15) is 9.59 Å². The number of amides is 1. The lowest BCUT2D eigenvalue weighted by atomic mass is 10.1. The number of para-hydroxylation sites is 1. The number of pyridine rings is 1. The summed E-state index contributed by atoms with van der Waals surface area (Å²) in [5, 5.41) is 12.4. The highest BCUT2D eigenvalue weighted by Gasteiger charge is 2.15. The van der Waals surface area contributed by atoms with E-state index in [1.165, 1.54) is 17.5 Å². The molecule has 2 heterocycles. The summed E-state index contributed by atoms with van der Waals surface area (Å²) in [6.45, 7) is 4.18. The van der Waals surface area contributed by atoms with Crippen LogP contribution in [0.4, 0.5) is 5.13 Å². The van der Waals surface area contributed by atoms with Gasteiger partial charge in [0.1, 0.15) is 10.6 Å². The third-order valence-corrected chi connectivity index (χ3v) is 4.16. The molecule has 0 aliphatic carbocycles. The van der Waals surface area contributed by atoms with Crippen LogP contribution in [0.1, 0.15) is 29.2 Å². The van der Waals surface area contributed by atoms with Gasteiger partial charge in [-0.1, -0.05) is 37.3 Å². The number of benzene rings is 1. The Kier molecular flexibility index (Phi) is 4.20. The van der Waals surface area contributed by atoms with E-state index in [2.05, 4.69) is 34.3 Å². The molecule has 0 saturated heterocycles. The first-order chi connectivity index (χ1) is 11.0. The summed E-state index contributed by atoms with van der Waals surface area (Å²) < 4.78 is 0. The van der Waals surface area contributed by atoms with Gasteiger partial charge in [-0.3, -0.25) is 14.9 Å². The summed E-state index contributed by atoms with van der Waals surface area (Å²) in [4.78, 5) is 27.7. The van der Waals surface area contributed by atoms with Gasteiger partial charge in [-0.05, 0) is 18.1 Å². The molecule has 0 aliphatic heterocycles. The molecule has 1 aromatic carbocycles. The molecule has 0 radical (unpaired) electrons. The van der Waals surface area contributed by atoms with Crippen LogP contribution in [-0.4, -0.2) is 21.1 Å². The molecule has 118 valence electrons. The van der Waals surface area contributed by atoms with E-state index in [-0.39, 0.29) is 11.0 Å². The van der Waals surface area contributed by atoms with Crippen LogP contribution < -0.4 is 10.7 Å². The maximum Gasteiger partial charge on any atom is 0.262 e. The van der Waals surface area contributed by atoms with Crippen LogP contribution in [0.2, 0.25) is 0 Å². The molecular weight excluding hydrogens is 312 g/mol. The Morgan fingerprint density at radius 2 is 2.09 bits per heavy atom. The maximum absolute atomic E-state index is 12.4. The van der Waals surface area contributed by atoms with E-state index < -0.39 is 5.91 Å². The minimum atomic E-state index is -0.482. The van der Waals surface area contributed by atoms with Gasteiger partial charge in [0.2, 0.25) is 10.6 Å². The van der Waals surface area contributed by atoms with Crippen LogP contribution >= 0.6 is 11.3 Å². The molecular formula is C16H16N4O2S. The number of H-pyrrole nitrogens is 1. The van der Waals surface area contributed by atoms with E-state index in [1.807, 2.05) is 6.07 Å². The van der Waals surface area contributed by atoms with Gasteiger partial charge >= 0.3 is 0 Å². The average Bonchev–Trinajstić information content (AvgIpc) is 2.94. The number of carbonyl (C=O) groups excluding carboxylic acids is 1. The molecule has 0 fully saturated rings. The van der Waals surface area contributed by atoms with E-state index >= 15 is 0 Å². The Hall–Kier alpha value is -2.54. The number of hydrogen-bond donors (Lipinski definition) is 2. The largest absolute Gasteiger partial charge is 0.360 e. The van der Waals surface area contributed by atoms with Gasteiger partial charge in [-0.15, -0.1) is 10.2 Å². The number of aromatic nitrogens is 3. The monoisotopic (exact) mass is 328 g/mol. The lowest BCUT2D eigenvalue weighted by Crippen LogP contribution is -2.21. The van der Waals surface area contributed by atoms with Crippen molar-refractivity contribution in [3.63, 3.8) is 0 Å². The number of rotatable bonds is 4. The second-order valence-electron chi connectivity index (χ2n) is 5.63. The van der Waals surface area contributed by atoms with Crippen molar-refractivity contribution in [3.05, 3.63) is 51.3 Å². The molecule has 3 aromatic rings. The first-order valence-corrected chi connectivity index (χ1v) is 8.10. The number of aromatic amines is 1. The fraction of sp³-hybridized carbons (Fsp3) is 0.250. The summed E-state index contributed by atoms with van der Waals surface area (Å²) in [7, 11) is 0. The second kappa shape index (κ2) is 6.29. The van der Waals surface area contributed by atoms with Gasteiger partial charge < -0.3 is 4.98 Å². The zero-order valence-electron chi connectivity index (χ0n) is 12.8.